The number of carbonyl (C=O) groups is 2. The van der Waals surface area contributed by atoms with Crippen LogP contribution in [0.5, 0.6) is 0 Å². The Labute approximate surface area is 208 Å². The van der Waals surface area contributed by atoms with Crippen LogP contribution in [0.3, 0.4) is 0 Å². The van der Waals surface area contributed by atoms with Crippen molar-refractivity contribution in [2.24, 2.45) is 0 Å². The van der Waals surface area contributed by atoms with Crippen molar-refractivity contribution in [3.05, 3.63) is 64.2 Å². The van der Waals surface area contributed by atoms with Crippen molar-refractivity contribution in [2.75, 3.05) is 23.7 Å². The Morgan fingerprint density at radius 1 is 1.09 bits per heavy atom. The highest BCUT2D eigenvalue weighted by molar-refractivity contribution is 7.92. The van der Waals surface area contributed by atoms with E-state index in [4.69, 9.17) is 11.6 Å². The Bertz CT molecular complexity index is 1100. The summed E-state index contributed by atoms with van der Waals surface area (Å²) >= 11 is 5.97. The second kappa shape index (κ2) is 12.2. The summed E-state index contributed by atoms with van der Waals surface area (Å²) in [7, 11) is -3.53. The van der Waals surface area contributed by atoms with Gasteiger partial charge in [0.2, 0.25) is 21.8 Å². The minimum absolute atomic E-state index is 0.105. The van der Waals surface area contributed by atoms with E-state index in [2.05, 4.69) is 5.32 Å². The first-order chi connectivity index (χ1) is 16.0. The number of nitrogens with one attached hydrogen (secondary N) is 1. The Balaban J connectivity index is 2.18. The minimum atomic E-state index is -3.53. The molecule has 0 bridgehead atoms. The molecular formula is C25H34ClN3O4S. The van der Waals surface area contributed by atoms with E-state index < -0.39 is 16.1 Å². The van der Waals surface area contributed by atoms with E-state index in [1.54, 1.807) is 25.1 Å². The molecule has 186 valence electrons. The number of nitrogens with zero attached hydrogens (tertiary/aromatic N) is 2. The zero-order valence-electron chi connectivity index (χ0n) is 20.5. The van der Waals surface area contributed by atoms with E-state index in [1.807, 2.05) is 45.0 Å². The molecule has 9 heteroatoms. The first kappa shape index (κ1) is 27.7. The lowest BCUT2D eigenvalue weighted by atomic mass is 10.1. The summed E-state index contributed by atoms with van der Waals surface area (Å²) in [5, 5.41) is 3.35. The lowest BCUT2D eigenvalue weighted by molar-refractivity contribution is -0.140. The van der Waals surface area contributed by atoms with E-state index in [9.17, 15) is 18.0 Å². The molecule has 0 spiro atoms. The molecule has 0 aromatic heterocycles. The molecule has 34 heavy (non-hydrogen) atoms. The van der Waals surface area contributed by atoms with Gasteiger partial charge in [0, 0.05) is 31.1 Å². The van der Waals surface area contributed by atoms with Crippen molar-refractivity contribution in [1.29, 1.82) is 0 Å². The molecule has 0 fully saturated rings. The standard InChI is InChI=1S/C25H34ClN3O4S/c1-6-27-25(31)20(4)28(17-21-12-14-22(26)15-13-21)24(30)11-8-16-29(34(5,32)33)23-10-7-9-18(2)19(23)3/h7,9-10,12-15,20H,6,8,11,16-17H2,1-5H3,(H,27,31). The number of likely N-dealkylation sites (N-methyl/N-ethyl adjacent to an activating group) is 1. The first-order valence-corrected chi connectivity index (χ1v) is 13.5. The number of amides is 2. The lowest BCUT2D eigenvalue weighted by Crippen LogP contribution is -2.47. The molecule has 0 saturated heterocycles. The zero-order chi connectivity index (χ0) is 25.5. The molecular weight excluding hydrogens is 474 g/mol. The topological polar surface area (TPSA) is 86.8 Å². The van der Waals surface area contributed by atoms with Gasteiger partial charge in [-0.1, -0.05) is 35.9 Å². The maximum atomic E-state index is 13.2. The highest BCUT2D eigenvalue weighted by Gasteiger charge is 2.26. The molecule has 2 aromatic rings. The van der Waals surface area contributed by atoms with Crippen LogP contribution >= 0.6 is 11.6 Å². The molecule has 2 aromatic carbocycles. The smallest absolute Gasteiger partial charge is 0.242 e. The summed E-state index contributed by atoms with van der Waals surface area (Å²) in [6, 6.07) is 12.0. The monoisotopic (exact) mass is 507 g/mol. The van der Waals surface area contributed by atoms with Gasteiger partial charge in [0.05, 0.1) is 11.9 Å². The predicted molar refractivity (Wildman–Crippen MR) is 137 cm³/mol. The normalized spacial score (nSPS) is 12.2. The van der Waals surface area contributed by atoms with Crippen LogP contribution in [0.25, 0.3) is 0 Å². The van der Waals surface area contributed by atoms with E-state index in [-0.39, 0.29) is 31.3 Å². The van der Waals surface area contributed by atoms with Gasteiger partial charge in [-0.15, -0.1) is 0 Å². The number of rotatable bonds is 11. The Hall–Kier alpha value is -2.58. The number of aryl methyl sites for hydroxylation is 1. The number of benzene rings is 2. The van der Waals surface area contributed by atoms with Crippen LogP contribution < -0.4 is 9.62 Å². The van der Waals surface area contributed by atoms with Crippen LogP contribution in [0.15, 0.2) is 42.5 Å². The summed E-state index contributed by atoms with van der Waals surface area (Å²) in [4.78, 5) is 27.2. The maximum absolute atomic E-state index is 13.2. The van der Waals surface area contributed by atoms with Crippen LogP contribution in [-0.2, 0) is 26.2 Å². The van der Waals surface area contributed by atoms with Crippen LogP contribution in [0, 0.1) is 13.8 Å². The largest absolute Gasteiger partial charge is 0.355 e. The number of hydrogen-bond donors (Lipinski definition) is 1. The Kier molecular flexibility index (Phi) is 9.94. The van der Waals surface area contributed by atoms with Crippen LogP contribution in [0.4, 0.5) is 5.69 Å². The molecule has 2 amide bonds. The first-order valence-electron chi connectivity index (χ1n) is 11.3. The van der Waals surface area contributed by atoms with Crippen molar-refractivity contribution in [2.45, 2.75) is 53.1 Å². The number of halogens is 1. The fraction of sp³-hybridized carbons (Fsp3) is 0.440. The van der Waals surface area contributed by atoms with Gasteiger partial charge in [-0.05, 0) is 69.0 Å². The van der Waals surface area contributed by atoms with Gasteiger partial charge in [-0.2, -0.15) is 0 Å². The second-order valence-electron chi connectivity index (χ2n) is 8.38. The average Bonchev–Trinajstić information content (AvgIpc) is 2.77. The van der Waals surface area contributed by atoms with E-state index in [0.717, 1.165) is 16.7 Å². The third kappa shape index (κ3) is 7.46. The van der Waals surface area contributed by atoms with Crippen molar-refractivity contribution < 1.29 is 18.0 Å². The quantitative estimate of drug-likeness (QED) is 0.497. The molecule has 0 aliphatic rings. The third-order valence-electron chi connectivity index (χ3n) is 5.78. The fourth-order valence-electron chi connectivity index (χ4n) is 3.68. The summed E-state index contributed by atoms with van der Waals surface area (Å²) in [5.74, 6) is -0.457. The summed E-state index contributed by atoms with van der Waals surface area (Å²) in [6.45, 7) is 8.21. The summed E-state index contributed by atoms with van der Waals surface area (Å²) in [5.41, 5.74) is 3.34. The zero-order valence-corrected chi connectivity index (χ0v) is 22.0. The van der Waals surface area contributed by atoms with Gasteiger partial charge in [0.25, 0.3) is 0 Å². The average molecular weight is 508 g/mol. The molecule has 0 aliphatic heterocycles. The molecule has 7 nitrogen and oxygen atoms in total. The Morgan fingerprint density at radius 3 is 2.32 bits per heavy atom. The van der Waals surface area contributed by atoms with Crippen molar-refractivity contribution in [3.63, 3.8) is 0 Å². The van der Waals surface area contributed by atoms with E-state index in [0.29, 0.717) is 23.7 Å². The minimum Gasteiger partial charge on any atom is -0.355 e. The van der Waals surface area contributed by atoms with Gasteiger partial charge in [0.1, 0.15) is 6.04 Å². The predicted octanol–water partition coefficient (Wildman–Crippen LogP) is 4.06. The van der Waals surface area contributed by atoms with Crippen molar-refractivity contribution >= 4 is 39.1 Å². The fourth-order valence-corrected chi connectivity index (χ4v) is 4.82. The van der Waals surface area contributed by atoms with Crippen LogP contribution in [0.1, 0.15) is 43.4 Å². The van der Waals surface area contributed by atoms with Gasteiger partial charge in [-0.3, -0.25) is 13.9 Å². The molecule has 0 aliphatic carbocycles. The Morgan fingerprint density at radius 2 is 1.74 bits per heavy atom. The van der Waals surface area contributed by atoms with Gasteiger partial charge in [0.15, 0.2) is 0 Å². The lowest BCUT2D eigenvalue weighted by Gasteiger charge is -2.29. The van der Waals surface area contributed by atoms with Crippen molar-refractivity contribution in [3.8, 4) is 0 Å². The van der Waals surface area contributed by atoms with Gasteiger partial charge < -0.3 is 10.2 Å². The van der Waals surface area contributed by atoms with E-state index in [1.165, 1.54) is 15.5 Å². The number of anilines is 1. The summed E-state index contributed by atoms with van der Waals surface area (Å²) in [6.07, 6.45) is 1.59. The maximum Gasteiger partial charge on any atom is 0.242 e. The highest BCUT2D eigenvalue weighted by Crippen LogP contribution is 2.25. The van der Waals surface area contributed by atoms with E-state index >= 15 is 0 Å². The van der Waals surface area contributed by atoms with Gasteiger partial charge in [-0.25, -0.2) is 8.42 Å². The second-order valence-corrected chi connectivity index (χ2v) is 10.7. The van der Waals surface area contributed by atoms with Gasteiger partial charge >= 0.3 is 0 Å². The molecule has 0 radical (unpaired) electrons. The molecule has 0 saturated carbocycles. The molecule has 0 heterocycles. The molecule has 1 unspecified atom stereocenters. The number of hydrogen-bond acceptors (Lipinski definition) is 4. The number of sulfonamides is 1. The SMILES string of the molecule is CCNC(=O)C(C)N(Cc1ccc(Cl)cc1)C(=O)CCCN(c1cccc(C)c1C)S(C)(=O)=O. The number of carbonyl (C=O) groups excluding carboxylic acids is 2. The summed E-state index contributed by atoms with van der Waals surface area (Å²) < 4.78 is 26.4. The molecule has 1 atom stereocenters. The van der Waals surface area contributed by atoms with Crippen LogP contribution in [0.2, 0.25) is 5.02 Å². The van der Waals surface area contributed by atoms with Crippen molar-refractivity contribution in [1.82, 2.24) is 10.2 Å². The highest BCUT2D eigenvalue weighted by atomic mass is 35.5. The molecule has 2 rings (SSSR count). The molecule has 1 N–H and O–H groups in total. The van der Waals surface area contributed by atoms with Crippen LogP contribution in [-0.4, -0.2) is 50.5 Å². The third-order valence-corrected chi connectivity index (χ3v) is 7.21.